The minimum atomic E-state index is 0.000000000000000222. The van der Waals surface area contributed by atoms with Gasteiger partial charge in [0.25, 0.3) is 0 Å². The van der Waals surface area contributed by atoms with Gasteiger partial charge < -0.3 is 11.5 Å². The molecule has 3 nitrogen and oxygen atoms in total. The fourth-order valence-electron chi connectivity index (χ4n) is 0. The van der Waals surface area contributed by atoms with Gasteiger partial charge in [-0.1, -0.05) is 0 Å². The molecule has 0 aromatic rings. The summed E-state index contributed by atoms with van der Waals surface area (Å²) in [6.45, 7) is 0. The molecule has 0 aromatic carbocycles. The van der Waals surface area contributed by atoms with E-state index in [1.54, 1.807) is 0 Å². The van der Waals surface area contributed by atoms with Gasteiger partial charge in [0.2, 0.25) is 0 Å². The molecular formula is CH4CrN2OS. The Morgan fingerprint density at radius 2 is 1.50 bits per heavy atom. The van der Waals surface area contributed by atoms with Gasteiger partial charge in [-0.3, -0.25) is 0 Å². The van der Waals surface area contributed by atoms with Crippen molar-refractivity contribution in [1.82, 2.24) is 0 Å². The molecule has 0 radical (unpaired) electrons. The predicted octanol–water partition coefficient (Wildman–Crippen LogP) is -0.933. The third kappa shape index (κ3) is 72800. The molecule has 36 valence electrons. The summed E-state index contributed by atoms with van der Waals surface area (Å²) in [6, 6.07) is 0. The van der Waals surface area contributed by atoms with Crippen LogP contribution in [-0.2, 0) is 20.0 Å². The van der Waals surface area contributed by atoms with Gasteiger partial charge in [-0.05, 0) is 12.2 Å². The van der Waals surface area contributed by atoms with Gasteiger partial charge >= 0.3 is 20.0 Å². The third-order valence-electron chi connectivity index (χ3n) is 0. The van der Waals surface area contributed by atoms with Crippen LogP contribution in [0, 0.1) is 0 Å². The molecule has 0 aromatic heterocycles. The fraction of sp³-hybridized carbons (Fsp3) is 0. The zero-order valence-electron chi connectivity index (χ0n) is 2.88. The van der Waals surface area contributed by atoms with Gasteiger partial charge in [0.05, 0.1) is 0 Å². The van der Waals surface area contributed by atoms with Gasteiger partial charge in [-0.25, -0.2) is 0 Å². The second kappa shape index (κ2) is 8.90. The van der Waals surface area contributed by atoms with Crippen LogP contribution in [0.2, 0.25) is 0 Å². The number of rotatable bonds is 0. The van der Waals surface area contributed by atoms with E-state index >= 15 is 0 Å². The second-order valence-corrected chi connectivity index (χ2v) is 0.874. The predicted molar refractivity (Wildman–Crippen MR) is 21.7 cm³/mol. The molecule has 0 unspecified atom stereocenters. The number of nitrogens with two attached hydrogens (primary N) is 2. The van der Waals surface area contributed by atoms with E-state index < -0.39 is 0 Å². The Balaban J connectivity index is 0. The molecule has 0 spiro atoms. The summed E-state index contributed by atoms with van der Waals surface area (Å²) in [5.41, 5.74) is 9.24. The van der Waals surface area contributed by atoms with Crippen LogP contribution in [-0.4, -0.2) is 5.11 Å². The third-order valence-corrected chi connectivity index (χ3v) is 0. The van der Waals surface area contributed by atoms with Crippen molar-refractivity contribution in [3.05, 3.63) is 0 Å². The minimum absolute atomic E-state index is 0.000000000000000222. The molecule has 0 aliphatic rings. The molecule has 0 heterocycles. The van der Waals surface area contributed by atoms with Crippen LogP contribution in [0.25, 0.3) is 0 Å². The molecule has 5 heteroatoms. The Hall–Kier alpha value is 0.0225. The van der Waals surface area contributed by atoms with E-state index in [-0.39, 0.29) is 5.11 Å². The monoisotopic (exact) mass is 144 g/mol. The van der Waals surface area contributed by atoms with Crippen molar-refractivity contribution in [3.63, 3.8) is 0 Å². The zero-order valence-corrected chi connectivity index (χ0v) is 4.97. The summed E-state index contributed by atoms with van der Waals surface area (Å²) in [5, 5.41) is 0.000000000000000222. The van der Waals surface area contributed by atoms with Crippen molar-refractivity contribution in [2.45, 2.75) is 0 Å². The fourth-order valence-corrected chi connectivity index (χ4v) is 0. The molecule has 0 amide bonds. The summed E-state index contributed by atoms with van der Waals surface area (Å²) in [7, 11) is 0. The first-order valence-corrected chi connectivity index (χ1v) is 1.88. The van der Waals surface area contributed by atoms with E-state index in [2.05, 4.69) is 23.7 Å². The van der Waals surface area contributed by atoms with Crippen LogP contribution in [0.3, 0.4) is 0 Å². The van der Waals surface area contributed by atoms with E-state index in [0.717, 1.165) is 0 Å². The molecule has 6 heavy (non-hydrogen) atoms. The van der Waals surface area contributed by atoms with Crippen molar-refractivity contribution in [2.75, 3.05) is 0 Å². The number of hydrogen-bond acceptors (Lipinski definition) is 2. The average molecular weight is 144 g/mol. The van der Waals surface area contributed by atoms with Crippen molar-refractivity contribution in [2.24, 2.45) is 11.5 Å². The average Bonchev–Trinajstić information content (AvgIpc) is 1.41. The maximum atomic E-state index is 8.12. The van der Waals surface area contributed by atoms with Crippen molar-refractivity contribution < 1.29 is 20.0 Å². The van der Waals surface area contributed by atoms with Crippen LogP contribution in [0.15, 0.2) is 0 Å². The molecule has 0 aliphatic carbocycles. The van der Waals surface area contributed by atoms with Gasteiger partial charge in [0, 0.05) is 0 Å². The van der Waals surface area contributed by atoms with Crippen molar-refractivity contribution in [1.29, 1.82) is 0 Å². The summed E-state index contributed by atoms with van der Waals surface area (Å²) in [4.78, 5) is 0. The SMILES string of the molecule is NC(N)=S.[O]=[Cr]. The van der Waals surface area contributed by atoms with Crippen LogP contribution in [0.4, 0.5) is 0 Å². The molecule has 0 rings (SSSR count). The van der Waals surface area contributed by atoms with E-state index in [0.29, 0.717) is 0 Å². The Morgan fingerprint density at radius 3 is 1.50 bits per heavy atom. The Morgan fingerprint density at radius 1 is 1.50 bits per heavy atom. The molecule has 0 aliphatic heterocycles. The van der Waals surface area contributed by atoms with Crippen molar-refractivity contribution >= 4 is 17.3 Å². The maximum absolute atomic E-state index is 8.12. The quantitative estimate of drug-likeness (QED) is 0.431. The molecule has 0 bridgehead atoms. The van der Waals surface area contributed by atoms with Crippen molar-refractivity contribution in [3.8, 4) is 0 Å². The molecule has 0 saturated heterocycles. The van der Waals surface area contributed by atoms with Gasteiger partial charge in [-0.15, -0.1) is 0 Å². The summed E-state index contributed by atoms with van der Waals surface area (Å²) in [6.07, 6.45) is 0. The first-order valence-electron chi connectivity index (χ1n) is 0.948. The van der Waals surface area contributed by atoms with Gasteiger partial charge in [-0.2, -0.15) is 0 Å². The van der Waals surface area contributed by atoms with E-state index in [4.69, 9.17) is 3.80 Å². The zero-order chi connectivity index (χ0) is 5.58. The van der Waals surface area contributed by atoms with E-state index in [1.165, 1.54) is 16.2 Å². The molecule has 0 saturated carbocycles. The van der Waals surface area contributed by atoms with E-state index in [1.807, 2.05) is 0 Å². The van der Waals surface area contributed by atoms with Crippen LogP contribution in [0.1, 0.15) is 0 Å². The van der Waals surface area contributed by atoms with Crippen LogP contribution in [0.5, 0.6) is 0 Å². The Labute approximate surface area is 49.3 Å². The Bertz CT molecular complexity index is 44.8. The summed E-state index contributed by atoms with van der Waals surface area (Å²) >= 11 is 5.47. The molecule has 4 N–H and O–H groups in total. The van der Waals surface area contributed by atoms with Gasteiger partial charge in [0.15, 0.2) is 5.11 Å². The summed E-state index contributed by atoms with van der Waals surface area (Å²) in [5.74, 6) is 0. The molecule has 0 fully saturated rings. The first kappa shape index (κ1) is 9.39. The number of hydrogen-bond donors (Lipinski definition) is 2. The second-order valence-electron chi connectivity index (χ2n) is 0.402. The molecule has 0 atom stereocenters. The Kier molecular flexibility index (Phi) is 13.9. The molecular weight excluding hydrogens is 140 g/mol. The summed E-state index contributed by atoms with van der Waals surface area (Å²) < 4.78 is 8.12. The topological polar surface area (TPSA) is 69.1 Å². The van der Waals surface area contributed by atoms with Crippen LogP contribution < -0.4 is 11.5 Å². The van der Waals surface area contributed by atoms with Gasteiger partial charge in [0.1, 0.15) is 0 Å². The van der Waals surface area contributed by atoms with E-state index in [9.17, 15) is 0 Å². The van der Waals surface area contributed by atoms with Crippen LogP contribution >= 0.6 is 12.2 Å². The first-order chi connectivity index (χ1) is 2.73. The standard InChI is InChI=1S/CH4N2S.Cr.O/c2-1(3)4;;/h(H4,2,3,4);;. The normalized spacial score (nSPS) is 4.67. The number of thiocarbonyl (C=S) groups is 1.